The van der Waals surface area contributed by atoms with Crippen molar-refractivity contribution in [1.29, 1.82) is 0 Å². The third-order valence-electron chi connectivity index (χ3n) is 4.33. The third kappa shape index (κ3) is 4.70. The Kier molecular flexibility index (Phi) is 6.13. The predicted octanol–water partition coefficient (Wildman–Crippen LogP) is 7.02. The maximum atomic E-state index is 12.8. The molecule has 1 fully saturated rings. The second-order valence-corrected chi connectivity index (χ2v) is 8.31. The van der Waals surface area contributed by atoms with Crippen molar-refractivity contribution >= 4 is 52.2 Å². The molecule has 0 unspecified atom stereocenters. The maximum Gasteiger partial charge on any atom is 0.293 e. The number of amides is 2. The number of benzene rings is 3. The van der Waals surface area contributed by atoms with Gasteiger partial charge in [-0.1, -0.05) is 59.6 Å². The van der Waals surface area contributed by atoms with Crippen LogP contribution >= 0.6 is 35.0 Å². The van der Waals surface area contributed by atoms with Crippen molar-refractivity contribution in [2.75, 3.05) is 0 Å². The van der Waals surface area contributed by atoms with Crippen LogP contribution in [0.4, 0.5) is 4.79 Å². The van der Waals surface area contributed by atoms with E-state index in [2.05, 4.69) is 0 Å². The summed E-state index contributed by atoms with van der Waals surface area (Å²) < 4.78 is 5.83. The van der Waals surface area contributed by atoms with Crippen molar-refractivity contribution in [3.8, 4) is 11.5 Å². The zero-order valence-electron chi connectivity index (χ0n) is 15.5. The highest BCUT2D eigenvalue weighted by Crippen LogP contribution is 2.34. The van der Waals surface area contributed by atoms with E-state index >= 15 is 0 Å². The Hall–Kier alpha value is -2.73. The first kappa shape index (κ1) is 20.5. The lowest BCUT2D eigenvalue weighted by atomic mass is 10.2. The number of imide groups is 1. The number of ether oxygens (including phenoxy) is 1. The van der Waals surface area contributed by atoms with Gasteiger partial charge in [0, 0.05) is 0 Å². The fraction of sp³-hybridized carbons (Fsp3) is 0.0435. The van der Waals surface area contributed by atoms with Gasteiger partial charge >= 0.3 is 0 Å². The van der Waals surface area contributed by atoms with Gasteiger partial charge in [-0.15, -0.1) is 0 Å². The van der Waals surface area contributed by atoms with Crippen LogP contribution in [-0.2, 0) is 11.3 Å². The van der Waals surface area contributed by atoms with Gasteiger partial charge < -0.3 is 4.74 Å². The summed E-state index contributed by atoms with van der Waals surface area (Å²) in [4.78, 5) is 26.7. The molecule has 2 amide bonds. The molecule has 30 heavy (non-hydrogen) atoms. The molecule has 4 nitrogen and oxygen atoms in total. The van der Waals surface area contributed by atoms with Gasteiger partial charge in [-0.2, -0.15) is 0 Å². The SMILES string of the molecule is O=C1S/C(=C\c2cccc(Oc3ccccc3)c2)C(=O)N1Cc1ccc(Cl)c(Cl)c1. The minimum atomic E-state index is -0.342. The Morgan fingerprint density at radius 3 is 2.40 bits per heavy atom. The van der Waals surface area contributed by atoms with E-state index in [9.17, 15) is 9.59 Å². The molecule has 1 heterocycles. The van der Waals surface area contributed by atoms with E-state index in [4.69, 9.17) is 27.9 Å². The fourth-order valence-corrected chi connectivity index (χ4v) is 4.06. The molecule has 150 valence electrons. The second kappa shape index (κ2) is 8.96. The lowest BCUT2D eigenvalue weighted by molar-refractivity contribution is -0.123. The number of para-hydroxylation sites is 1. The van der Waals surface area contributed by atoms with Gasteiger partial charge in [0.25, 0.3) is 11.1 Å². The normalized spacial score (nSPS) is 15.1. The number of carbonyl (C=O) groups excluding carboxylic acids is 2. The summed E-state index contributed by atoms with van der Waals surface area (Å²) >= 11 is 12.9. The largest absolute Gasteiger partial charge is 0.457 e. The van der Waals surface area contributed by atoms with Crippen LogP contribution in [-0.4, -0.2) is 16.0 Å². The van der Waals surface area contributed by atoms with Gasteiger partial charge in [-0.3, -0.25) is 14.5 Å². The Bertz CT molecular complexity index is 1150. The summed E-state index contributed by atoms with van der Waals surface area (Å²) in [6.07, 6.45) is 1.69. The molecule has 1 aliphatic rings. The number of halogens is 2. The lowest BCUT2D eigenvalue weighted by Crippen LogP contribution is -2.27. The molecule has 0 bridgehead atoms. The third-order valence-corrected chi connectivity index (χ3v) is 5.98. The predicted molar refractivity (Wildman–Crippen MR) is 121 cm³/mol. The molecule has 1 aliphatic heterocycles. The Morgan fingerprint density at radius 1 is 0.867 bits per heavy atom. The van der Waals surface area contributed by atoms with Crippen LogP contribution in [0.15, 0.2) is 77.7 Å². The molecule has 0 spiro atoms. The van der Waals surface area contributed by atoms with Crippen molar-refractivity contribution < 1.29 is 14.3 Å². The highest BCUT2D eigenvalue weighted by Gasteiger charge is 2.35. The molecule has 4 rings (SSSR count). The van der Waals surface area contributed by atoms with Crippen molar-refractivity contribution in [3.05, 3.63) is 98.9 Å². The topological polar surface area (TPSA) is 46.6 Å². The highest BCUT2D eigenvalue weighted by atomic mass is 35.5. The number of nitrogens with zero attached hydrogens (tertiary/aromatic N) is 1. The molecule has 0 N–H and O–H groups in total. The first-order valence-corrected chi connectivity index (χ1v) is 10.6. The van der Waals surface area contributed by atoms with Crippen LogP contribution in [0.25, 0.3) is 6.08 Å². The van der Waals surface area contributed by atoms with Crippen molar-refractivity contribution in [2.45, 2.75) is 6.54 Å². The zero-order valence-corrected chi connectivity index (χ0v) is 17.9. The minimum absolute atomic E-state index is 0.135. The van der Waals surface area contributed by atoms with Gasteiger partial charge in [-0.25, -0.2) is 0 Å². The summed E-state index contributed by atoms with van der Waals surface area (Å²) in [5.41, 5.74) is 1.50. The summed E-state index contributed by atoms with van der Waals surface area (Å²) in [6.45, 7) is 0.135. The fourth-order valence-electron chi connectivity index (χ4n) is 2.90. The smallest absolute Gasteiger partial charge is 0.293 e. The second-order valence-electron chi connectivity index (χ2n) is 6.50. The summed E-state index contributed by atoms with van der Waals surface area (Å²) in [6, 6.07) is 21.8. The van der Waals surface area contributed by atoms with Crippen molar-refractivity contribution in [3.63, 3.8) is 0 Å². The number of carbonyl (C=O) groups is 2. The van der Waals surface area contributed by atoms with Crippen molar-refractivity contribution in [1.82, 2.24) is 4.90 Å². The van der Waals surface area contributed by atoms with Crippen LogP contribution in [0.1, 0.15) is 11.1 Å². The van der Waals surface area contributed by atoms with Crippen LogP contribution in [0.2, 0.25) is 10.0 Å². The van der Waals surface area contributed by atoms with Gasteiger partial charge in [0.05, 0.1) is 21.5 Å². The molecule has 0 aromatic heterocycles. The lowest BCUT2D eigenvalue weighted by Gasteiger charge is -2.13. The molecule has 0 saturated carbocycles. The molecule has 3 aromatic rings. The van der Waals surface area contributed by atoms with Gasteiger partial charge in [-0.05, 0) is 65.4 Å². The molecule has 0 atom stereocenters. The summed E-state index contributed by atoms with van der Waals surface area (Å²) in [5.74, 6) is 1.02. The average Bonchev–Trinajstić information content (AvgIpc) is 2.99. The Morgan fingerprint density at radius 2 is 1.63 bits per heavy atom. The Balaban J connectivity index is 1.51. The van der Waals surface area contributed by atoms with Gasteiger partial charge in [0.1, 0.15) is 11.5 Å². The number of thioether (sulfide) groups is 1. The molecule has 0 radical (unpaired) electrons. The van der Waals surface area contributed by atoms with E-state index in [1.54, 1.807) is 24.3 Å². The van der Waals surface area contributed by atoms with Crippen LogP contribution in [0.5, 0.6) is 11.5 Å². The molecule has 3 aromatic carbocycles. The molecule has 7 heteroatoms. The van der Waals surface area contributed by atoms with E-state index in [-0.39, 0.29) is 17.7 Å². The van der Waals surface area contributed by atoms with Crippen molar-refractivity contribution in [2.24, 2.45) is 0 Å². The summed E-state index contributed by atoms with van der Waals surface area (Å²) in [5, 5.41) is 0.480. The minimum Gasteiger partial charge on any atom is -0.457 e. The highest BCUT2D eigenvalue weighted by molar-refractivity contribution is 8.18. The zero-order chi connectivity index (χ0) is 21.1. The van der Waals surface area contributed by atoms with E-state index in [0.29, 0.717) is 20.7 Å². The monoisotopic (exact) mass is 455 g/mol. The van der Waals surface area contributed by atoms with E-state index < -0.39 is 0 Å². The number of rotatable bonds is 5. The quantitative estimate of drug-likeness (QED) is 0.387. The van der Waals surface area contributed by atoms with Crippen LogP contribution in [0, 0.1) is 0 Å². The van der Waals surface area contributed by atoms with Gasteiger partial charge in [0.2, 0.25) is 0 Å². The number of hydrogen-bond donors (Lipinski definition) is 0. The first-order chi connectivity index (χ1) is 14.5. The molecular weight excluding hydrogens is 441 g/mol. The summed E-state index contributed by atoms with van der Waals surface area (Å²) in [7, 11) is 0. The molecular formula is C23H15Cl2NO3S. The van der Waals surface area contributed by atoms with E-state index in [1.165, 1.54) is 4.90 Å². The Labute approximate surface area is 188 Å². The molecule has 0 aliphatic carbocycles. The van der Waals surface area contributed by atoms with E-state index in [1.807, 2.05) is 54.6 Å². The standard InChI is InChI=1S/C23H15Cl2NO3S/c24-19-10-9-16(12-20(19)25)14-26-22(27)21(30-23(26)28)13-15-5-4-8-18(11-15)29-17-6-2-1-3-7-17/h1-13H,14H2/b21-13-. The number of hydrogen-bond acceptors (Lipinski definition) is 4. The van der Waals surface area contributed by atoms with E-state index in [0.717, 1.165) is 28.6 Å². The van der Waals surface area contributed by atoms with Crippen LogP contribution in [0.3, 0.4) is 0 Å². The average molecular weight is 456 g/mol. The van der Waals surface area contributed by atoms with Crippen LogP contribution < -0.4 is 4.74 Å². The molecule has 1 saturated heterocycles. The maximum absolute atomic E-state index is 12.8. The van der Waals surface area contributed by atoms with Gasteiger partial charge in [0.15, 0.2) is 0 Å². The first-order valence-electron chi connectivity index (χ1n) is 9.02.